The number of nitrogens with one attached hydrogen (secondary N) is 1. The van der Waals surface area contributed by atoms with Crippen molar-refractivity contribution in [2.75, 3.05) is 24.3 Å². The quantitative estimate of drug-likeness (QED) is 0.908. The zero-order valence-corrected chi connectivity index (χ0v) is 13.4. The number of benzene rings is 2. The minimum absolute atomic E-state index is 0.179. The van der Waals surface area contributed by atoms with Crippen LogP contribution in [0.15, 0.2) is 46.9 Å². The van der Waals surface area contributed by atoms with Crippen LogP contribution in [-0.4, -0.2) is 20.0 Å². The lowest BCUT2D eigenvalue weighted by Crippen LogP contribution is -2.18. The standard InChI is InChI=1S/C16H16BrFN2O/c1-20(2)15-7-6-13(18)10-14(15)19-16(21)9-11-4-3-5-12(17)8-11/h3-8,10H,9H2,1-2H3,(H,19,21). The SMILES string of the molecule is CN(C)c1ccc(F)cc1NC(=O)Cc1cccc(Br)c1. The lowest BCUT2D eigenvalue weighted by atomic mass is 10.1. The van der Waals surface area contributed by atoms with Crippen LogP contribution in [0, 0.1) is 5.82 Å². The largest absolute Gasteiger partial charge is 0.376 e. The van der Waals surface area contributed by atoms with Crippen LogP contribution < -0.4 is 10.2 Å². The molecular formula is C16H16BrFN2O. The number of hydrogen-bond donors (Lipinski definition) is 1. The highest BCUT2D eigenvalue weighted by molar-refractivity contribution is 9.10. The number of nitrogens with zero attached hydrogens (tertiary/aromatic N) is 1. The van der Waals surface area contributed by atoms with Crippen molar-refractivity contribution in [1.29, 1.82) is 0 Å². The topological polar surface area (TPSA) is 32.3 Å². The molecule has 2 aromatic rings. The van der Waals surface area contributed by atoms with Gasteiger partial charge in [-0.15, -0.1) is 0 Å². The molecule has 0 heterocycles. The highest BCUT2D eigenvalue weighted by Gasteiger charge is 2.10. The average Bonchev–Trinajstić information content (AvgIpc) is 2.38. The molecule has 0 unspecified atom stereocenters. The van der Waals surface area contributed by atoms with Crippen molar-refractivity contribution in [2.45, 2.75) is 6.42 Å². The Labute approximate surface area is 131 Å². The van der Waals surface area contributed by atoms with Crippen LogP contribution in [0.4, 0.5) is 15.8 Å². The minimum atomic E-state index is -0.377. The predicted molar refractivity (Wildman–Crippen MR) is 87.2 cm³/mol. The van der Waals surface area contributed by atoms with Crippen molar-refractivity contribution < 1.29 is 9.18 Å². The number of halogens is 2. The first-order valence-corrected chi connectivity index (χ1v) is 7.26. The summed E-state index contributed by atoms with van der Waals surface area (Å²) < 4.78 is 14.3. The number of hydrogen-bond acceptors (Lipinski definition) is 2. The van der Waals surface area contributed by atoms with Crippen LogP contribution in [0.3, 0.4) is 0 Å². The van der Waals surface area contributed by atoms with Gasteiger partial charge in [-0.3, -0.25) is 4.79 Å². The smallest absolute Gasteiger partial charge is 0.228 e. The van der Waals surface area contributed by atoms with Gasteiger partial charge in [0, 0.05) is 18.6 Å². The number of carbonyl (C=O) groups is 1. The molecule has 0 bridgehead atoms. The van der Waals surface area contributed by atoms with E-state index in [1.165, 1.54) is 12.1 Å². The van der Waals surface area contributed by atoms with Gasteiger partial charge in [-0.05, 0) is 35.9 Å². The third kappa shape index (κ3) is 4.29. The van der Waals surface area contributed by atoms with E-state index in [1.807, 2.05) is 43.3 Å². The van der Waals surface area contributed by atoms with Gasteiger partial charge in [-0.25, -0.2) is 4.39 Å². The van der Waals surface area contributed by atoms with E-state index in [1.54, 1.807) is 6.07 Å². The molecule has 0 saturated carbocycles. The second-order valence-electron chi connectivity index (χ2n) is 4.91. The molecule has 0 aliphatic rings. The molecule has 1 amide bonds. The maximum absolute atomic E-state index is 13.4. The first-order valence-electron chi connectivity index (χ1n) is 6.47. The van der Waals surface area contributed by atoms with E-state index >= 15 is 0 Å². The third-order valence-corrected chi connectivity index (χ3v) is 3.46. The highest BCUT2D eigenvalue weighted by atomic mass is 79.9. The number of amides is 1. The zero-order valence-electron chi connectivity index (χ0n) is 11.9. The molecule has 0 atom stereocenters. The summed E-state index contributed by atoms with van der Waals surface area (Å²) in [5, 5.41) is 2.76. The second-order valence-corrected chi connectivity index (χ2v) is 5.83. The molecule has 0 aliphatic heterocycles. The fraction of sp³-hybridized carbons (Fsp3) is 0.188. The minimum Gasteiger partial charge on any atom is -0.376 e. The van der Waals surface area contributed by atoms with Crippen LogP contribution in [0.2, 0.25) is 0 Å². The van der Waals surface area contributed by atoms with Crippen LogP contribution in [0.1, 0.15) is 5.56 Å². The van der Waals surface area contributed by atoms with Crippen molar-refractivity contribution in [3.05, 3.63) is 58.3 Å². The molecule has 21 heavy (non-hydrogen) atoms. The van der Waals surface area contributed by atoms with Crippen molar-refractivity contribution in [1.82, 2.24) is 0 Å². The van der Waals surface area contributed by atoms with E-state index in [0.717, 1.165) is 15.7 Å². The predicted octanol–water partition coefficient (Wildman–Crippen LogP) is 3.84. The molecule has 110 valence electrons. The fourth-order valence-corrected chi connectivity index (χ4v) is 2.47. The maximum atomic E-state index is 13.4. The van der Waals surface area contributed by atoms with E-state index in [-0.39, 0.29) is 18.1 Å². The summed E-state index contributed by atoms with van der Waals surface area (Å²) in [6.07, 6.45) is 0.239. The lowest BCUT2D eigenvalue weighted by Gasteiger charge is -2.18. The Hall–Kier alpha value is -1.88. The molecule has 3 nitrogen and oxygen atoms in total. The lowest BCUT2D eigenvalue weighted by molar-refractivity contribution is -0.115. The Morgan fingerprint density at radius 2 is 2.00 bits per heavy atom. The van der Waals surface area contributed by atoms with E-state index in [9.17, 15) is 9.18 Å². The molecule has 2 rings (SSSR count). The fourth-order valence-electron chi connectivity index (χ4n) is 2.03. The third-order valence-electron chi connectivity index (χ3n) is 2.97. The average molecular weight is 351 g/mol. The van der Waals surface area contributed by atoms with E-state index in [0.29, 0.717) is 5.69 Å². The first kappa shape index (κ1) is 15.5. The Morgan fingerprint density at radius 1 is 1.24 bits per heavy atom. The van der Waals surface area contributed by atoms with E-state index in [2.05, 4.69) is 21.2 Å². The Kier molecular flexibility index (Phi) is 4.96. The molecular weight excluding hydrogens is 335 g/mol. The summed E-state index contributed by atoms with van der Waals surface area (Å²) in [5.74, 6) is -0.555. The molecule has 0 aromatic heterocycles. The molecule has 0 spiro atoms. The Morgan fingerprint density at radius 3 is 2.67 bits per heavy atom. The first-order chi connectivity index (χ1) is 9.95. The van der Waals surface area contributed by atoms with Gasteiger partial charge < -0.3 is 10.2 Å². The van der Waals surface area contributed by atoms with Gasteiger partial charge in [0.25, 0.3) is 0 Å². The maximum Gasteiger partial charge on any atom is 0.228 e. The Bertz CT molecular complexity index is 658. The summed E-state index contributed by atoms with van der Waals surface area (Å²) >= 11 is 3.37. The summed E-state index contributed by atoms with van der Waals surface area (Å²) in [6.45, 7) is 0. The Balaban J connectivity index is 2.14. The van der Waals surface area contributed by atoms with Crippen molar-refractivity contribution in [3.63, 3.8) is 0 Å². The van der Waals surface area contributed by atoms with Crippen molar-refractivity contribution in [2.24, 2.45) is 0 Å². The monoisotopic (exact) mass is 350 g/mol. The molecule has 0 aliphatic carbocycles. The van der Waals surface area contributed by atoms with Gasteiger partial charge in [0.2, 0.25) is 5.91 Å². The number of anilines is 2. The number of rotatable bonds is 4. The number of carbonyl (C=O) groups excluding carboxylic acids is 1. The van der Waals surface area contributed by atoms with Crippen molar-refractivity contribution >= 4 is 33.2 Å². The van der Waals surface area contributed by atoms with Crippen LogP contribution in [0.25, 0.3) is 0 Å². The van der Waals surface area contributed by atoms with E-state index < -0.39 is 0 Å². The molecule has 0 radical (unpaired) electrons. The molecule has 2 aromatic carbocycles. The molecule has 1 N–H and O–H groups in total. The van der Waals surface area contributed by atoms with E-state index in [4.69, 9.17) is 0 Å². The van der Waals surface area contributed by atoms with Crippen LogP contribution in [-0.2, 0) is 11.2 Å². The highest BCUT2D eigenvalue weighted by Crippen LogP contribution is 2.25. The van der Waals surface area contributed by atoms with Gasteiger partial charge in [-0.1, -0.05) is 28.1 Å². The van der Waals surface area contributed by atoms with Gasteiger partial charge in [0.05, 0.1) is 17.8 Å². The van der Waals surface area contributed by atoms with Gasteiger partial charge in [-0.2, -0.15) is 0 Å². The zero-order chi connectivity index (χ0) is 15.4. The molecule has 0 saturated heterocycles. The van der Waals surface area contributed by atoms with Gasteiger partial charge >= 0.3 is 0 Å². The van der Waals surface area contributed by atoms with Crippen LogP contribution >= 0.6 is 15.9 Å². The summed E-state index contributed by atoms with van der Waals surface area (Å²) in [5.41, 5.74) is 2.13. The van der Waals surface area contributed by atoms with Crippen LogP contribution in [0.5, 0.6) is 0 Å². The van der Waals surface area contributed by atoms with Crippen molar-refractivity contribution in [3.8, 4) is 0 Å². The second kappa shape index (κ2) is 6.72. The summed E-state index contributed by atoms with van der Waals surface area (Å²) in [7, 11) is 3.69. The van der Waals surface area contributed by atoms with Gasteiger partial charge in [0.1, 0.15) is 5.82 Å². The molecule has 5 heteroatoms. The molecule has 0 fully saturated rings. The summed E-state index contributed by atoms with van der Waals surface area (Å²) in [4.78, 5) is 13.9. The van der Waals surface area contributed by atoms with Gasteiger partial charge in [0.15, 0.2) is 0 Å². The normalized spacial score (nSPS) is 10.3. The summed E-state index contributed by atoms with van der Waals surface area (Å²) in [6, 6.07) is 11.9.